The molecule has 4 atom stereocenters. The standard InChI is InChI=1S/C34H33N5O5/c35-32-26-17-23(14-15-27(26)36-37-32)19-38-28(18-21-8-3-1-4-9-21)30(40)31(41)29(24-11-5-2-6-12-24)39(34(38)44)20-22-10-7-13-25(16-22)33(42)43/h1-17,28-31,40-41H,18-20H2,(H,42,43)(H3,35,36,37)/t28-,29?,30+,31+/m1/s1. The van der Waals surface area contributed by atoms with Crippen LogP contribution < -0.4 is 5.73 Å². The van der Waals surface area contributed by atoms with Gasteiger partial charge in [0.1, 0.15) is 12.2 Å². The molecule has 1 saturated heterocycles. The topological polar surface area (TPSA) is 156 Å². The molecular formula is C34H33N5O5. The minimum atomic E-state index is -1.35. The van der Waals surface area contributed by atoms with Crippen LogP contribution in [0.3, 0.4) is 0 Å². The van der Waals surface area contributed by atoms with Gasteiger partial charge in [0.25, 0.3) is 0 Å². The monoisotopic (exact) mass is 591 g/mol. The van der Waals surface area contributed by atoms with Gasteiger partial charge in [0.15, 0.2) is 5.82 Å². The van der Waals surface area contributed by atoms with Crippen molar-refractivity contribution in [2.45, 2.75) is 43.8 Å². The number of nitrogen functional groups attached to an aromatic ring is 1. The minimum Gasteiger partial charge on any atom is -0.478 e. The SMILES string of the molecule is Nc1n[nH]c2ccc(CN3C(=O)N(Cc4cccc(C(=O)O)c4)C(c4ccccc4)[C@H](O)[C@@H](O)[C@H]3Cc3ccccc3)cc12. The number of carboxylic acids is 1. The normalized spacial score (nSPS) is 20.5. The molecule has 1 aliphatic rings. The first-order valence-electron chi connectivity index (χ1n) is 14.4. The Labute approximate surface area is 254 Å². The summed E-state index contributed by atoms with van der Waals surface area (Å²) in [4.78, 5) is 29.7. The molecule has 1 unspecified atom stereocenters. The summed E-state index contributed by atoms with van der Waals surface area (Å²) in [5.74, 6) is -0.744. The first-order valence-corrected chi connectivity index (χ1v) is 14.4. The Morgan fingerprint density at radius 1 is 0.795 bits per heavy atom. The molecule has 10 heteroatoms. The van der Waals surface area contributed by atoms with Crippen LogP contribution in [0.2, 0.25) is 0 Å². The smallest absolute Gasteiger partial charge is 0.335 e. The maximum absolute atomic E-state index is 14.8. The van der Waals surface area contributed by atoms with Crippen molar-refractivity contribution in [3.05, 3.63) is 131 Å². The number of nitrogens with one attached hydrogen (secondary N) is 1. The Hall–Kier alpha value is -5.19. The number of amides is 2. The number of nitrogens with two attached hydrogens (primary N) is 1. The van der Waals surface area contributed by atoms with Crippen molar-refractivity contribution in [1.82, 2.24) is 20.0 Å². The van der Waals surface area contributed by atoms with Crippen LogP contribution in [0.25, 0.3) is 10.9 Å². The van der Waals surface area contributed by atoms with Gasteiger partial charge in [0, 0.05) is 18.5 Å². The fourth-order valence-corrected chi connectivity index (χ4v) is 6.05. The molecular weight excluding hydrogens is 558 g/mol. The molecule has 1 aromatic heterocycles. The number of aliphatic hydroxyl groups is 2. The third kappa shape index (κ3) is 5.72. The van der Waals surface area contributed by atoms with Gasteiger partial charge in [-0.1, -0.05) is 78.9 Å². The van der Waals surface area contributed by atoms with Crippen molar-refractivity contribution in [3.63, 3.8) is 0 Å². The van der Waals surface area contributed by atoms with Crippen LogP contribution in [0.4, 0.5) is 10.6 Å². The maximum atomic E-state index is 14.8. The van der Waals surface area contributed by atoms with Gasteiger partial charge in [-0.2, -0.15) is 5.10 Å². The number of carbonyl (C=O) groups is 2. The lowest BCUT2D eigenvalue weighted by atomic mass is 9.90. The summed E-state index contributed by atoms with van der Waals surface area (Å²) in [7, 11) is 0. The molecule has 44 heavy (non-hydrogen) atoms. The summed E-state index contributed by atoms with van der Waals surface area (Å²) >= 11 is 0. The van der Waals surface area contributed by atoms with E-state index < -0.39 is 36.3 Å². The number of hydrogen-bond donors (Lipinski definition) is 5. The number of urea groups is 1. The van der Waals surface area contributed by atoms with Crippen molar-refractivity contribution in [3.8, 4) is 0 Å². The van der Waals surface area contributed by atoms with Crippen LogP contribution in [-0.4, -0.2) is 65.6 Å². The first kappa shape index (κ1) is 28.9. The predicted molar refractivity (Wildman–Crippen MR) is 166 cm³/mol. The van der Waals surface area contributed by atoms with Gasteiger partial charge in [-0.25, -0.2) is 9.59 Å². The van der Waals surface area contributed by atoms with E-state index in [0.717, 1.165) is 22.0 Å². The van der Waals surface area contributed by atoms with Crippen molar-refractivity contribution < 1.29 is 24.9 Å². The van der Waals surface area contributed by atoms with Crippen LogP contribution >= 0.6 is 0 Å². The molecule has 6 rings (SSSR count). The van der Waals surface area contributed by atoms with Gasteiger partial charge < -0.3 is 30.9 Å². The van der Waals surface area contributed by atoms with Gasteiger partial charge in [0.05, 0.1) is 23.2 Å². The Balaban J connectivity index is 1.47. The highest BCUT2D eigenvalue weighted by Gasteiger charge is 2.47. The third-order valence-electron chi connectivity index (χ3n) is 8.26. The summed E-state index contributed by atoms with van der Waals surface area (Å²) < 4.78 is 0. The number of aliphatic hydroxyl groups excluding tert-OH is 2. The quantitative estimate of drug-likeness (QED) is 0.180. The Bertz CT molecular complexity index is 1780. The first-order chi connectivity index (χ1) is 21.3. The number of carbonyl (C=O) groups excluding carboxylic acids is 1. The van der Waals surface area contributed by atoms with E-state index in [0.29, 0.717) is 23.4 Å². The largest absolute Gasteiger partial charge is 0.478 e. The van der Waals surface area contributed by atoms with Crippen molar-refractivity contribution in [2.24, 2.45) is 0 Å². The fourth-order valence-electron chi connectivity index (χ4n) is 6.05. The highest BCUT2D eigenvalue weighted by molar-refractivity contribution is 5.89. The predicted octanol–water partition coefficient (Wildman–Crippen LogP) is 4.36. The molecule has 0 radical (unpaired) electrons. The number of carboxylic acid groups (broad SMARTS) is 1. The number of aromatic nitrogens is 2. The number of fused-ring (bicyclic) bond motifs is 1. The number of aromatic amines is 1. The molecule has 0 saturated carbocycles. The molecule has 0 aliphatic carbocycles. The van der Waals surface area contributed by atoms with Crippen LogP contribution in [0.15, 0.2) is 103 Å². The molecule has 10 nitrogen and oxygen atoms in total. The molecule has 4 aromatic carbocycles. The lowest BCUT2D eigenvalue weighted by Gasteiger charge is -2.36. The summed E-state index contributed by atoms with van der Waals surface area (Å²) in [6, 6.07) is 28.5. The van der Waals surface area contributed by atoms with Crippen LogP contribution in [0, 0.1) is 0 Å². The van der Waals surface area contributed by atoms with Crippen LogP contribution in [-0.2, 0) is 19.5 Å². The highest BCUT2D eigenvalue weighted by Crippen LogP contribution is 2.36. The van der Waals surface area contributed by atoms with E-state index >= 15 is 0 Å². The molecule has 2 amide bonds. The molecule has 0 bridgehead atoms. The van der Waals surface area contributed by atoms with Crippen molar-refractivity contribution in [1.29, 1.82) is 0 Å². The lowest BCUT2D eigenvalue weighted by Crippen LogP contribution is -2.50. The van der Waals surface area contributed by atoms with Gasteiger partial charge in [0.2, 0.25) is 0 Å². The Morgan fingerprint density at radius 2 is 1.45 bits per heavy atom. The van der Waals surface area contributed by atoms with E-state index in [2.05, 4.69) is 10.2 Å². The van der Waals surface area contributed by atoms with Crippen molar-refractivity contribution >= 4 is 28.7 Å². The van der Waals surface area contributed by atoms with E-state index in [-0.39, 0.29) is 18.7 Å². The summed E-state index contributed by atoms with van der Waals surface area (Å²) in [6.07, 6.45) is -2.37. The molecule has 0 spiro atoms. The van der Waals surface area contributed by atoms with Gasteiger partial charge in [-0.3, -0.25) is 5.10 Å². The molecule has 5 aromatic rings. The van der Waals surface area contributed by atoms with E-state index in [4.69, 9.17) is 5.73 Å². The average Bonchev–Trinajstić information content (AvgIpc) is 3.39. The van der Waals surface area contributed by atoms with Crippen molar-refractivity contribution in [2.75, 3.05) is 5.73 Å². The Kier molecular flexibility index (Phi) is 8.01. The summed E-state index contributed by atoms with van der Waals surface area (Å²) in [5.41, 5.74) is 9.82. The second kappa shape index (κ2) is 12.2. The summed E-state index contributed by atoms with van der Waals surface area (Å²) in [5, 5.41) is 41.0. The zero-order valence-electron chi connectivity index (χ0n) is 23.8. The summed E-state index contributed by atoms with van der Waals surface area (Å²) in [6.45, 7) is 0.124. The molecule has 1 aliphatic heterocycles. The molecule has 6 N–H and O–H groups in total. The van der Waals surface area contributed by atoms with Gasteiger partial charge in [-0.15, -0.1) is 0 Å². The number of hydrogen-bond acceptors (Lipinski definition) is 6. The van der Waals surface area contributed by atoms with E-state index in [9.17, 15) is 24.9 Å². The van der Waals surface area contributed by atoms with E-state index in [1.54, 1.807) is 17.0 Å². The maximum Gasteiger partial charge on any atom is 0.335 e. The number of nitrogens with zero attached hydrogens (tertiary/aromatic N) is 3. The van der Waals surface area contributed by atoms with E-state index in [1.165, 1.54) is 17.0 Å². The molecule has 2 heterocycles. The average molecular weight is 592 g/mol. The number of aromatic carboxylic acids is 1. The number of H-pyrrole nitrogens is 1. The second-order valence-corrected chi connectivity index (χ2v) is 11.1. The zero-order chi connectivity index (χ0) is 30.8. The lowest BCUT2D eigenvalue weighted by molar-refractivity contribution is -0.0418. The zero-order valence-corrected chi connectivity index (χ0v) is 23.8. The number of anilines is 1. The van der Waals surface area contributed by atoms with E-state index in [1.807, 2.05) is 78.9 Å². The fraction of sp³-hybridized carbons (Fsp3) is 0.206. The van der Waals surface area contributed by atoms with Crippen LogP contribution in [0.1, 0.15) is 38.7 Å². The second-order valence-electron chi connectivity index (χ2n) is 11.1. The Morgan fingerprint density at radius 3 is 2.18 bits per heavy atom. The van der Waals surface area contributed by atoms with Crippen LogP contribution in [0.5, 0.6) is 0 Å². The highest BCUT2D eigenvalue weighted by atomic mass is 16.4. The molecule has 224 valence electrons. The molecule has 1 fully saturated rings. The van der Waals surface area contributed by atoms with Gasteiger partial charge in [-0.05, 0) is 52.9 Å². The minimum absolute atomic E-state index is 0.00552. The number of benzene rings is 4. The van der Waals surface area contributed by atoms with Gasteiger partial charge >= 0.3 is 12.0 Å². The number of rotatable bonds is 8. The third-order valence-corrected chi connectivity index (χ3v) is 8.26.